The van der Waals surface area contributed by atoms with Crippen molar-refractivity contribution in [2.45, 2.75) is 6.92 Å². The normalized spacial score (nSPS) is 10.5. The van der Waals surface area contributed by atoms with Crippen LogP contribution in [0.4, 0.5) is 10.1 Å². The fourth-order valence-corrected chi connectivity index (χ4v) is 2.16. The van der Waals surface area contributed by atoms with E-state index in [9.17, 15) is 9.18 Å². The maximum Gasteiger partial charge on any atom is 0.278 e. The Kier molecular flexibility index (Phi) is 3.70. The van der Waals surface area contributed by atoms with Crippen LogP contribution < -0.4 is 5.32 Å². The standard InChI is InChI=1S/C17H13FN2O2/c1-11-4-2-5-12(8-11)16-15(19-10-22-16)17(21)20-14-7-3-6-13(18)9-14/h2-10H,1H3,(H,20,21). The number of carbonyl (C=O) groups is 1. The summed E-state index contributed by atoms with van der Waals surface area (Å²) in [6.45, 7) is 1.95. The van der Waals surface area contributed by atoms with Crippen LogP contribution in [0.1, 0.15) is 16.1 Å². The molecule has 0 unspecified atom stereocenters. The van der Waals surface area contributed by atoms with Crippen molar-refractivity contribution in [1.82, 2.24) is 4.98 Å². The quantitative estimate of drug-likeness (QED) is 0.793. The van der Waals surface area contributed by atoms with E-state index in [1.807, 2.05) is 31.2 Å². The Bertz CT molecular complexity index is 827. The third-order valence-electron chi connectivity index (χ3n) is 3.15. The minimum atomic E-state index is -0.448. The Morgan fingerprint density at radius 2 is 2.00 bits per heavy atom. The number of carbonyl (C=O) groups excluding carboxylic acids is 1. The highest BCUT2D eigenvalue weighted by Gasteiger charge is 2.18. The Morgan fingerprint density at radius 1 is 1.18 bits per heavy atom. The summed E-state index contributed by atoms with van der Waals surface area (Å²) < 4.78 is 18.5. The number of hydrogen-bond acceptors (Lipinski definition) is 3. The SMILES string of the molecule is Cc1cccc(-c2ocnc2C(=O)Nc2cccc(F)c2)c1. The number of nitrogens with one attached hydrogen (secondary N) is 1. The third-order valence-corrected chi connectivity index (χ3v) is 3.15. The second kappa shape index (κ2) is 5.81. The van der Waals surface area contributed by atoms with Gasteiger partial charge in [-0.1, -0.05) is 29.8 Å². The topological polar surface area (TPSA) is 55.1 Å². The monoisotopic (exact) mass is 296 g/mol. The number of rotatable bonds is 3. The first-order chi connectivity index (χ1) is 10.6. The molecule has 0 saturated heterocycles. The molecule has 3 rings (SSSR count). The van der Waals surface area contributed by atoms with Crippen LogP contribution in [0.2, 0.25) is 0 Å². The van der Waals surface area contributed by atoms with Crippen LogP contribution in [0, 0.1) is 12.7 Å². The van der Waals surface area contributed by atoms with Crippen LogP contribution in [-0.4, -0.2) is 10.9 Å². The van der Waals surface area contributed by atoms with Gasteiger partial charge in [0.1, 0.15) is 5.82 Å². The zero-order valence-corrected chi connectivity index (χ0v) is 11.8. The highest BCUT2D eigenvalue weighted by atomic mass is 19.1. The van der Waals surface area contributed by atoms with Gasteiger partial charge in [-0.25, -0.2) is 9.37 Å². The number of oxazole rings is 1. The molecule has 0 spiro atoms. The van der Waals surface area contributed by atoms with Crippen molar-refractivity contribution in [3.63, 3.8) is 0 Å². The Morgan fingerprint density at radius 3 is 2.77 bits per heavy atom. The average molecular weight is 296 g/mol. The molecule has 0 aliphatic heterocycles. The fraction of sp³-hybridized carbons (Fsp3) is 0.0588. The van der Waals surface area contributed by atoms with Gasteiger partial charge in [-0.15, -0.1) is 0 Å². The lowest BCUT2D eigenvalue weighted by Crippen LogP contribution is -2.13. The third kappa shape index (κ3) is 2.88. The van der Waals surface area contributed by atoms with Crippen LogP contribution in [0.5, 0.6) is 0 Å². The zero-order valence-electron chi connectivity index (χ0n) is 11.8. The molecule has 0 fully saturated rings. The minimum Gasteiger partial charge on any atom is -0.443 e. The van der Waals surface area contributed by atoms with Crippen LogP contribution >= 0.6 is 0 Å². The first kappa shape index (κ1) is 14.0. The van der Waals surface area contributed by atoms with E-state index in [1.54, 1.807) is 6.07 Å². The van der Waals surface area contributed by atoms with Crippen molar-refractivity contribution >= 4 is 11.6 Å². The summed E-state index contributed by atoms with van der Waals surface area (Å²) in [5.74, 6) is -0.481. The highest BCUT2D eigenvalue weighted by molar-refractivity contribution is 6.06. The van der Waals surface area contributed by atoms with Crippen molar-refractivity contribution in [2.24, 2.45) is 0 Å². The van der Waals surface area contributed by atoms with Gasteiger partial charge in [-0.2, -0.15) is 0 Å². The van der Waals surface area contributed by atoms with Crippen molar-refractivity contribution in [3.05, 3.63) is 72.0 Å². The number of hydrogen-bond donors (Lipinski definition) is 1. The number of anilines is 1. The molecule has 4 nitrogen and oxygen atoms in total. The van der Waals surface area contributed by atoms with E-state index in [1.165, 1.54) is 24.6 Å². The average Bonchev–Trinajstić information content (AvgIpc) is 2.97. The molecule has 110 valence electrons. The van der Waals surface area contributed by atoms with Gasteiger partial charge in [0.05, 0.1) is 0 Å². The Hall–Kier alpha value is -2.95. The van der Waals surface area contributed by atoms with Crippen molar-refractivity contribution in [3.8, 4) is 11.3 Å². The van der Waals surface area contributed by atoms with Crippen LogP contribution in [0.3, 0.4) is 0 Å². The van der Waals surface area contributed by atoms with Gasteiger partial charge in [0, 0.05) is 11.3 Å². The number of nitrogens with zero attached hydrogens (tertiary/aromatic N) is 1. The molecule has 0 aliphatic rings. The lowest BCUT2D eigenvalue weighted by atomic mass is 10.1. The first-order valence-corrected chi connectivity index (χ1v) is 6.71. The van der Waals surface area contributed by atoms with E-state index in [0.29, 0.717) is 11.4 Å². The molecule has 1 heterocycles. The first-order valence-electron chi connectivity index (χ1n) is 6.71. The van der Waals surface area contributed by atoms with Gasteiger partial charge in [-0.05, 0) is 31.2 Å². The maximum atomic E-state index is 13.2. The molecule has 0 radical (unpaired) electrons. The van der Waals surface area contributed by atoms with Gasteiger partial charge in [-0.3, -0.25) is 4.79 Å². The van der Waals surface area contributed by atoms with Gasteiger partial charge in [0.2, 0.25) is 0 Å². The summed E-state index contributed by atoms with van der Waals surface area (Å²) in [5.41, 5.74) is 2.34. The summed E-state index contributed by atoms with van der Waals surface area (Å²) in [7, 11) is 0. The molecular formula is C17H13FN2O2. The van der Waals surface area contributed by atoms with Crippen molar-refractivity contribution < 1.29 is 13.6 Å². The molecule has 0 aliphatic carbocycles. The van der Waals surface area contributed by atoms with Gasteiger partial charge >= 0.3 is 0 Å². The summed E-state index contributed by atoms with van der Waals surface area (Å²) in [6, 6.07) is 13.2. The van der Waals surface area contributed by atoms with Crippen LogP contribution in [0.15, 0.2) is 59.3 Å². The summed E-state index contributed by atoms with van der Waals surface area (Å²) in [6.07, 6.45) is 1.22. The zero-order chi connectivity index (χ0) is 15.5. The number of aryl methyl sites for hydroxylation is 1. The summed E-state index contributed by atoms with van der Waals surface area (Å²) >= 11 is 0. The number of benzene rings is 2. The molecule has 5 heteroatoms. The van der Waals surface area contributed by atoms with Crippen LogP contribution in [-0.2, 0) is 0 Å². The van der Waals surface area contributed by atoms with Gasteiger partial charge < -0.3 is 9.73 Å². The molecule has 0 atom stereocenters. The van der Waals surface area contributed by atoms with Gasteiger partial charge in [0.15, 0.2) is 17.8 Å². The lowest BCUT2D eigenvalue weighted by molar-refractivity contribution is 0.102. The van der Waals surface area contributed by atoms with E-state index in [-0.39, 0.29) is 5.69 Å². The lowest BCUT2D eigenvalue weighted by Gasteiger charge is -2.05. The number of aromatic nitrogens is 1. The molecule has 1 N–H and O–H groups in total. The number of halogens is 1. The van der Waals surface area contributed by atoms with Crippen molar-refractivity contribution in [1.29, 1.82) is 0 Å². The van der Waals surface area contributed by atoms with E-state index < -0.39 is 11.7 Å². The van der Waals surface area contributed by atoms with E-state index in [0.717, 1.165) is 11.1 Å². The largest absolute Gasteiger partial charge is 0.443 e. The molecule has 2 aromatic carbocycles. The molecule has 1 amide bonds. The van der Waals surface area contributed by atoms with E-state index >= 15 is 0 Å². The summed E-state index contributed by atoms with van der Waals surface area (Å²) in [5, 5.41) is 2.61. The highest BCUT2D eigenvalue weighted by Crippen LogP contribution is 2.24. The second-order valence-electron chi connectivity index (χ2n) is 4.86. The molecule has 0 bridgehead atoms. The van der Waals surface area contributed by atoms with Gasteiger partial charge in [0.25, 0.3) is 5.91 Å². The van der Waals surface area contributed by atoms with Crippen molar-refractivity contribution in [2.75, 3.05) is 5.32 Å². The maximum absolute atomic E-state index is 13.2. The molecule has 22 heavy (non-hydrogen) atoms. The Labute approximate surface area is 126 Å². The molecule has 1 aromatic heterocycles. The molecular weight excluding hydrogens is 283 g/mol. The predicted molar refractivity (Wildman–Crippen MR) is 81.0 cm³/mol. The fourth-order valence-electron chi connectivity index (χ4n) is 2.16. The minimum absolute atomic E-state index is 0.162. The smallest absolute Gasteiger partial charge is 0.278 e. The van der Waals surface area contributed by atoms with E-state index in [2.05, 4.69) is 10.3 Å². The summed E-state index contributed by atoms with van der Waals surface area (Å²) in [4.78, 5) is 16.3. The second-order valence-corrected chi connectivity index (χ2v) is 4.86. The van der Waals surface area contributed by atoms with E-state index in [4.69, 9.17) is 4.42 Å². The molecule has 0 saturated carbocycles. The predicted octanol–water partition coefficient (Wildman–Crippen LogP) is 4.04. The van der Waals surface area contributed by atoms with Crippen LogP contribution in [0.25, 0.3) is 11.3 Å². The number of amides is 1. The molecule has 3 aromatic rings. The Balaban J connectivity index is 1.90.